The maximum atomic E-state index is 11.7. The molecule has 1 aliphatic rings. The average Bonchev–Trinajstić information content (AvgIpc) is 2.46. The Hall–Kier alpha value is -2.16. The lowest BCUT2D eigenvalue weighted by molar-refractivity contribution is -0.267. The summed E-state index contributed by atoms with van der Waals surface area (Å²) < 4.78 is 27.1. The van der Waals surface area contributed by atoms with Gasteiger partial charge in [0.2, 0.25) is 0 Å². The van der Waals surface area contributed by atoms with E-state index >= 15 is 0 Å². The van der Waals surface area contributed by atoms with Crippen molar-refractivity contribution in [3.63, 3.8) is 0 Å². The quantitative estimate of drug-likeness (QED) is 0.505. The molecule has 0 radical (unpaired) electrons. The summed E-state index contributed by atoms with van der Waals surface area (Å²) in [7, 11) is 0. The Morgan fingerprint density at radius 1 is 0.741 bits per heavy atom. The highest BCUT2D eigenvalue weighted by atomic mass is 16.7. The first-order valence-electron chi connectivity index (χ1n) is 8.63. The van der Waals surface area contributed by atoms with Gasteiger partial charge in [-0.25, -0.2) is 0 Å². The molecule has 0 amide bonds. The van der Waals surface area contributed by atoms with Crippen LogP contribution in [-0.2, 0) is 42.9 Å². The van der Waals surface area contributed by atoms with Crippen molar-refractivity contribution in [2.24, 2.45) is 5.41 Å². The molecular formula is C18H28O9. The summed E-state index contributed by atoms with van der Waals surface area (Å²) in [6.45, 7) is 10.2. The third-order valence-corrected chi connectivity index (χ3v) is 3.84. The summed E-state index contributed by atoms with van der Waals surface area (Å²) in [5.74, 6) is -2.44. The summed E-state index contributed by atoms with van der Waals surface area (Å²) in [5.41, 5.74) is -0.534. The molecule has 0 aromatic heterocycles. The molecule has 0 spiro atoms. The van der Waals surface area contributed by atoms with E-state index in [9.17, 15) is 19.2 Å². The Balaban J connectivity index is 3.36. The van der Waals surface area contributed by atoms with Crippen molar-refractivity contribution in [3.05, 3.63) is 0 Å². The first-order valence-corrected chi connectivity index (χ1v) is 8.63. The van der Waals surface area contributed by atoms with Gasteiger partial charge in [-0.1, -0.05) is 20.8 Å². The van der Waals surface area contributed by atoms with Gasteiger partial charge in [-0.2, -0.15) is 0 Å². The van der Waals surface area contributed by atoms with Gasteiger partial charge in [0.05, 0.1) is 0 Å². The standard InChI is InChI=1S/C18H28O9/c1-9(19)23-8-13-14(24-10(2)20)15(25-11(3)21)16(26-12(4)22)17(27-13)18(5,6)7/h13-17H,8H2,1-7H3. The zero-order valence-corrected chi connectivity index (χ0v) is 16.8. The van der Waals surface area contributed by atoms with Crippen molar-refractivity contribution < 1.29 is 42.9 Å². The number of carbonyl (C=O) groups is 4. The maximum absolute atomic E-state index is 11.7. The number of rotatable bonds is 5. The molecule has 1 aliphatic heterocycles. The van der Waals surface area contributed by atoms with Gasteiger partial charge in [-0.05, 0) is 5.41 Å². The van der Waals surface area contributed by atoms with Crippen LogP contribution in [0.4, 0.5) is 0 Å². The van der Waals surface area contributed by atoms with Crippen LogP contribution < -0.4 is 0 Å². The van der Waals surface area contributed by atoms with Gasteiger partial charge >= 0.3 is 23.9 Å². The third kappa shape index (κ3) is 6.82. The van der Waals surface area contributed by atoms with Crippen molar-refractivity contribution in [2.45, 2.75) is 79.0 Å². The molecule has 0 aliphatic carbocycles. The van der Waals surface area contributed by atoms with E-state index in [2.05, 4.69) is 0 Å². The van der Waals surface area contributed by atoms with Gasteiger partial charge in [0.15, 0.2) is 18.3 Å². The smallest absolute Gasteiger partial charge is 0.303 e. The van der Waals surface area contributed by atoms with Crippen molar-refractivity contribution in [1.82, 2.24) is 0 Å². The predicted octanol–water partition coefficient (Wildman–Crippen LogP) is 1.16. The highest BCUT2D eigenvalue weighted by molar-refractivity contribution is 5.68. The lowest BCUT2D eigenvalue weighted by Crippen LogP contribution is -2.64. The zero-order chi connectivity index (χ0) is 20.9. The molecule has 9 nitrogen and oxygen atoms in total. The van der Waals surface area contributed by atoms with Crippen LogP contribution in [0.5, 0.6) is 0 Å². The lowest BCUT2D eigenvalue weighted by atomic mass is 9.80. The number of hydrogen-bond acceptors (Lipinski definition) is 9. The van der Waals surface area contributed by atoms with Crippen LogP contribution in [0.1, 0.15) is 48.5 Å². The molecule has 5 unspecified atom stereocenters. The van der Waals surface area contributed by atoms with E-state index in [4.69, 9.17) is 23.7 Å². The number of carbonyl (C=O) groups excluding carboxylic acids is 4. The second-order valence-electron chi connectivity index (χ2n) is 7.49. The van der Waals surface area contributed by atoms with E-state index in [1.54, 1.807) is 0 Å². The zero-order valence-electron chi connectivity index (χ0n) is 16.8. The van der Waals surface area contributed by atoms with Crippen LogP contribution >= 0.6 is 0 Å². The Labute approximate surface area is 158 Å². The van der Waals surface area contributed by atoms with Crippen LogP contribution in [0.2, 0.25) is 0 Å². The van der Waals surface area contributed by atoms with E-state index in [1.165, 1.54) is 27.7 Å². The van der Waals surface area contributed by atoms with E-state index in [-0.39, 0.29) is 6.61 Å². The van der Waals surface area contributed by atoms with E-state index in [0.717, 1.165) is 0 Å². The van der Waals surface area contributed by atoms with Crippen molar-refractivity contribution in [1.29, 1.82) is 0 Å². The van der Waals surface area contributed by atoms with Crippen LogP contribution in [0, 0.1) is 5.41 Å². The van der Waals surface area contributed by atoms with E-state index in [0.29, 0.717) is 0 Å². The first-order chi connectivity index (χ1) is 12.3. The molecule has 0 aromatic carbocycles. The molecule has 1 saturated heterocycles. The molecule has 0 bridgehead atoms. The summed E-state index contributed by atoms with van der Waals surface area (Å²) in [6, 6.07) is 0. The van der Waals surface area contributed by atoms with Crippen molar-refractivity contribution in [2.75, 3.05) is 6.61 Å². The monoisotopic (exact) mass is 388 g/mol. The average molecular weight is 388 g/mol. The second kappa shape index (κ2) is 9.16. The van der Waals surface area contributed by atoms with E-state index < -0.39 is 59.8 Å². The van der Waals surface area contributed by atoms with Crippen LogP contribution in [0.3, 0.4) is 0 Å². The number of esters is 4. The lowest BCUT2D eigenvalue weighted by Gasteiger charge is -2.48. The molecule has 154 valence electrons. The maximum Gasteiger partial charge on any atom is 0.303 e. The Kier molecular flexibility index (Phi) is 7.77. The molecule has 1 fully saturated rings. The van der Waals surface area contributed by atoms with Crippen LogP contribution in [-0.4, -0.2) is 61.0 Å². The Morgan fingerprint density at radius 3 is 1.59 bits per heavy atom. The largest absolute Gasteiger partial charge is 0.463 e. The van der Waals surface area contributed by atoms with Gasteiger partial charge in [0.25, 0.3) is 0 Å². The summed E-state index contributed by atoms with van der Waals surface area (Å²) in [5, 5.41) is 0. The minimum absolute atomic E-state index is 0.218. The Morgan fingerprint density at radius 2 is 1.19 bits per heavy atom. The van der Waals surface area contributed by atoms with E-state index in [1.807, 2.05) is 20.8 Å². The molecule has 1 rings (SSSR count). The predicted molar refractivity (Wildman–Crippen MR) is 91.4 cm³/mol. The first kappa shape index (κ1) is 22.9. The second-order valence-corrected chi connectivity index (χ2v) is 7.49. The molecular weight excluding hydrogens is 360 g/mol. The van der Waals surface area contributed by atoms with Gasteiger partial charge in [0.1, 0.15) is 18.8 Å². The van der Waals surface area contributed by atoms with Gasteiger partial charge < -0.3 is 23.7 Å². The highest BCUT2D eigenvalue weighted by Crippen LogP contribution is 2.37. The molecule has 0 N–H and O–H groups in total. The molecule has 0 aromatic rings. The SMILES string of the molecule is CC(=O)OCC1OC(C(C)(C)C)C(OC(C)=O)C(OC(C)=O)C1OC(C)=O. The number of hydrogen-bond donors (Lipinski definition) is 0. The summed E-state index contributed by atoms with van der Waals surface area (Å²) >= 11 is 0. The normalized spacial score (nSPS) is 28.0. The van der Waals surface area contributed by atoms with Crippen molar-refractivity contribution >= 4 is 23.9 Å². The fraction of sp³-hybridized carbons (Fsp3) is 0.778. The van der Waals surface area contributed by atoms with Crippen LogP contribution in [0.25, 0.3) is 0 Å². The van der Waals surface area contributed by atoms with Gasteiger partial charge in [0, 0.05) is 27.7 Å². The molecule has 9 heteroatoms. The summed E-state index contributed by atoms with van der Waals surface area (Å²) in [4.78, 5) is 46.1. The molecule has 0 saturated carbocycles. The molecule has 5 atom stereocenters. The molecule has 27 heavy (non-hydrogen) atoms. The van der Waals surface area contributed by atoms with Gasteiger partial charge in [-0.15, -0.1) is 0 Å². The topological polar surface area (TPSA) is 114 Å². The highest BCUT2D eigenvalue weighted by Gasteiger charge is 2.54. The van der Waals surface area contributed by atoms with Gasteiger partial charge in [-0.3, -0.25) is 19.2 Å². The number of ether oxygens (including phenoxy) is 5. The molecule has 1 heterocycles. The fourth-order valence-corrected chi connectivity index (χ4v) is 2.93. The van der Waals surface area contributed by atoms with Crippen molar-refractivity contribution in [3.8, 4) is 0 Å². The summed E-state index contributed by atoms with van der Waals surface area (Å²) in [6.07, 6.45) is -4.86. The minimum atomic E-state index is -1.12. The fourth-order valence-electron chi connectivity index (χ4n) is 2.93. The minimum Gasteiger partial charge on any atom is -0.463 e. The third-order valence-electron chi connectivity index (χ3n) is 3.84. The van der Waals surface area contributed by atoms with Crippen LogP contribution in [0.15, 0.2) is 0 Å². The Bertz CT molecular complexity index is 578.